The Balaban J connectivity index is 1.90. The number of likely N-dealkylation sites (tertiary alicyclic amines) is 1. The van der Waals surface area contributed by atoms with E-state index in [4.69, 9.17) is 0 Å². The number of fused-ring (bicyclic) bond motifs is 1. The van der Waals surface area contributed by atoms with Gasteiger partial charge in [-0.25, -0.2) is 0 Å². The summed E-state index contributed by atoms with van der Waals surface area (Å²) in [5.74, 6) is 1.03. The molecule has 94 valence electrons. The molecule has 2 unspecified atom stereocenters. The van der Waals surface area contributed by atoms with E-state index in [-0.39, 0.29) is 0 Å². The molecule has 1 aliphatic carbocycles. The molecule has 0 bridgehead atoms. The normalized spacial score (nSPS) is 31.7. The van der Waals surface area contributed by atoms with Crippen LogP contribution in [0.2, 0.25) is 0 Å². The number of hydrogen-bond donors (Lipinski definition) is 1. The van der Waals surface area contributed by atoms with Gasteiger partial charge in [0.1, 0.15) is 0 Å². The van der Waals surface area contributed by atoms with Gasteiger partial charge in [0.2, 0.25) is 0 Å². The molecule has 1 aliphatic heterocycles. The highest BCUT2D eigenvalue weighted by molar-refractivity contribution is 4.92. The van der Waals surface area contributed by atoms with Gasteiger partial charge in [-0.1, -0.05) is 26.7 Å². The van der Waals surface area contributed by atoms with Crippen LogP contribution in [-0.4, -0.2) is 37.6 Å². The van der Waals surface area contributed by atoms with Crippen LogP contribution in [-0.2, 0) is 0 Å². The van der Waals surface area contributed by atoms with Gasteiger partial charge in [-0.05, 0) is 44.2 Å². The van der Waals surface area contributed by atoms with Crippen molar-refractivity contribution >= 4 is 0 Å². The fraction of sp³-hybridized carbons (Fsp3) is 1.00. The third-order valence-corrected chi connectivity index (χ3v) is 4.41. The van der Waals surface area contributed by atoms with Crippen LogP contribution >= 0.6 is 0 Å². The van der Waals surface area contributed by atoms with Gasteiger partial charge in [0.05, 0.1) is 0 Å². The lowest BCUT2D eigenvalue weighted by atomic mass is 9.84. The van der Waals surface area contributed by atoms with Crippen molar-refractivity contribution in [1.82, 2.24) is 10.2 Å². The first kappa shape index (κ1) is 12.4. The SMILES string of the molecule is CNCC(C)(C)CN1CCC2CCCCC21. The Morgan fingerprint density at radius 3 is 2.69 bits per heavy atom. The van der Waals surface area contributed by atoms with E-state index in [2.05, 4.69) is 31.1 Å². The van der Waals surface area contributed by atoms with Crippen LogP contribution in [0.15, 0.2) is 0 Å². The highest BCUT2D eigenvalue weighted by Gasteiger charge is 2.37. The van der Waals surface area contributed by atoms with Crippen molar-refractivity contribution in [3.05, 3.63) is 0 Å². The summed E-state index contributed by atoms with van der Waals surface area (Å²) in [5.41, 5.74) is 0.418. The van der Waals surface area contributed by atoms with E-state index in [1.807, 2.05) is 0 Å². The minimum atomic E-state index is 0.418. The van der Waals surface area contributed by atoms with Crippen LogP contribution in [0.3, 0.4) is 0 Å². The number of nitrogens with one attached hydrogen (secondary N) is 1. The molecule has 2 aliphatic rings. The summed E-state index contributed by atoms with van der Waals surface area (Å²) in [6.45, 7) is 8.53. The van der Waals surface area contributed by atoms with Gasteiger partial charge >= 0.3 is 0 Å². The molecular weight excluding hydrogens is 196 g/mol. The molecule has 1 saturated carbocycles. The summed E-state index contributed by atoms with van der Waals surface area (Å²) >= 11 is 0. The second-order valence-corrected chi connectivity index (χ2v) is 6.57. The minimum Gasteiger partial charge on any atom is -0.319 e. The minimum absolute atomic E-state index is 0.418. The lowest BCUT2D eigenvalue weighted by molar-refractivity contribution is 0.128. The Labute approximate surface area is 101 Å². The van der Waals surface area contributed by atoms with Gasteiger partial charge in [0, 0.05) is 19.1 Å². The molecule has 1 N–H and O–H groups in total. The van der Waals surface area contributed by atoms with E-state index in [1.54, 1.807) is 0 Å². The maximum Gasteiger partial charge on any atom is 0.0124 e. The molecule has 1 saturated heterocycles. The van der Waals surface area contributed by atoms with E-state index in [9.17, 15) is 0 Å². The smallest absolute Gasteiger partial charge is 0.0124 e. The largest absolute Gasteiger partial charge is 0.319 e. The van der Waals surface area contributed by atoms with Crippen molar-refractivity contribution in [1.29, 1.82) is 0 Å². The average Bonchev–Trinajstić information content (AvgIpc) is 2.61. The first-order chi connectivity index (χ1) is 7.62. The van der Waals surface area contributed by atoms with Gasteiger partial charge in [0.15, 0.2) is 0 Å². The fourth-order valence-electron chi connectivity index (χ4n) is 3.78. The van der Waals surface area contributed by atoms with Gasteiger partial charge in [-0.3, -0.25) is 4.90 Å². The Morgan fingerprint density at radius 1 is 1.19 bits per heavy atom. The second kappa shape index (κ2) is 5.05. The van der Waals surface area contributed by atoms with Crippen LogP contribution in [0.4, 0.5) is 0 Å². The Kier molecular flexibility index (Phi) is 3.91. The third kappa shape index (κ3) is 2.78. The molecule has 0 radical (unpaired) electrons. The van der Waals surface area contributed by atoms with Gasteiger partial charge < -0.3 is 5.32 Å². The van der Waals surface area contributed by atoms with Crippen LogP contribution in [0.25, 0.3) is 0 Å². The van der Waals surface area contributed by atoms with E-state index >= 15 is 0 Å². The maximum absolute atomic E-state index is 3.33. The molecule has 16 heavy (non-hydrogen) atoms. The second-order valence-electron chi connectivity index (χ2n) is 6.57. The first-order valence-electron chi connectivity index (χ1n) is 7.01. The van der Waals surface area contributed by atoms with Crippen LogP contribution in [0.1, 0.15) is 46.0 Å². The lowest BCUT2D eigenvalue weighted by Crippen LogP contribution is -2.43. The number of rotatable bonds is 4. The summed E-state index contributed by atoms with van der Waals surface area (Å²) in [7, 11) is 2.06. The number of hydrogen-bond acceptors (Lipinski definition) is 2. The topological polar surface area (TPSA) is 15.3 Å². The maximum atomic E-state index is 3.33. The molecule has 2 rings (SSSR count). The van der Waals surface area contributed by atoms with E-state index < -0.39 is 0 Å². The lowest BCUT2D eigenvalue weighted by Gasteiger charge is -2.37. The zero-order valence-corrected chi connectivity index (χ0v) is 11.3. The molecule has 0 aromatic rings. The molecule has 1 heterocycles. The van der Waals surface area contributed by atoms with E-state index in [1.165, 1.54) is 45.2 Å². The zero-order valence-electron chi connectivity index (χ0n) is 11.3. The van der Waals surface area contributed by atoms with Crippen molar-refractivity contribution in [3.8, 4) is 0 Å². The first-order valence-corrected chi connectivity index (χ1v) is 7.01. The monoisotopic (exact) mass is 224 g/mol. The van der Waals surface area contributed by atoms with Crippen molar-refractivity contribution in [2.45, 2.75) is 52.0 Å². The summed E-state index contributed by atoms with van der Waals surface area (Å²) in [4.78, 5) is 2.78. The van der Waals surface area contributed by atoms with Crippen molar-refractivity contribution in [2.75, 3.05) is 26.7 Å². The van der Waals surface area contributed by atoms with Crippen LogP contribution in [0, 0.1) is 11.3 Å². The predicted octanol–water partition coefficient (Wildman–Crippen LogP) is 2.50. The molecule has 0 aromatic heterocycles. The van der Waals surface area contributed by atoms with Crippen LogP contribution in [0.5, 0.6) is 0 Å². The molecule has 2 nitrogen and oxygen atoms in total. The van der Waals surface area contributed by atoms with E-state index in [0.29, 0.717) is 5.41 Å². The highest BCUT2D eigenvalue weighted by Crippen LogP contribution is 2.37. The molecular formula is C14H28N2. The van der Waals surface area contributed by atoms with Crippen molar-refractivity contribution in [2.24, 2.45) is 11.3 Å². The Bertz CT molecular complexity index is 225. The highest BCUT2D eigenvalue weighted by atomic mass is 15.2. The molecule has 2 fully saturated rings. The Morgan fingerprint density at radius 2 is 1.94 bits per heavy atom. The summed E-state index contributed by atoms with van der Waals surface area (Å²) in [6.07, 6.45) is 7.35. The molecule has 0 spiro atoms. The predicted molar refractivity (Wildman–Crippen MR) is 69.6 cm³/mol. The molecule has 2 atom stereocenters. The molecule has 2 heteroatoms. The average molecular weight is 224 g/mol. The standard InChI is InChI=1S/C14H28N2/c1-14(2,10-15-3)11-16-9-8-12-6-4-5-7-13(12)16/h12-13,15H,4-11H2,1-3H3. The Hall–Kier alpha value is -0.0800. The van der Waals surface area contributed by atoms with Crippen molar-refractivity contribution in [3.63, 3.8) is 0 Å². The van der Waals surface area contributed by atoms with Gasteiger partial charge in [-0.2, -0.15) is 0 Å². The summed E-state index contributed by atoms with van der Waals surface area (Å²) in [5, 5.41) is 3.33. The number of nitrogens with zero attached hydrogens (tertiary/aromatic N) is 1. The van der Waals surface area contributed by atoms with Crippen molar-refractivity contribution < 1.29 is 0 Å². The fourth-order valence-corrected chi connectivity index (χ4v) is 3.78. The van der Waals surface area contributed by atoms with Crippen LogP contribution < -0.4 is 5.32 Å². The molecule has 0 aromatic carbocycles. The van der Waals surface area contributed by atoms with Gasteiger partial charge in [0.25, 0.3) is 0 Å². The summed E-state index contributed by atoms with van der Waals surface area (Å²) < 4.78 is 0. The zero-order chi connectivity index (χ0) is 11.6. The third-order valence-electron chi connectivity index (χ3n) is 4.41. The van der Waals surface area contributed by atoms with Gasteiger partial charge in [-0.15, -0.1) is 0 Å². The quantitative estimate of drug-likeness (QED) is 0.789. The summed E-state index contributed by atoms with van der Waals surface area (Å²) in [6, 6.07) is 0.921. The molecule has 0 amide bonds. The van der Waals surface area contributed by atoms with E-state index in [0.717, 1.165) is 18.5 Å².